The smallest absolute Gasteiger partial charge is 0.309 e. The molecule has 2 rings (SSSR count). The van der Waals surface area contributed by atoms with Crippen LogP contribution in [0.1, 0.15) is 44.2 Å². The van der Waals surface area contributed by atoms with Crippen molar-refractivity contribution in [2.24, 2.45) is 5.41 Å². The first-order valence-electron chi connectivity index (χ1n) is 6.43. The fourth-order valence-corrected chi connectivity index (χ4v) is 2.98. The van der Waals surface area contributed by atoms with Crippen molar-refractivity contribution in [3.63, 3.8) is 0 Å². The fraction of sp³-hybridized carbons (Fsp3) is 0.467. The zero-order valence-electron chi connectivity index (χ0n) is 11.7. The van der Waals surface area contributed by atoms with Gasteiger partial charge in [-0.25, -0.2) is 4.98 Å². The number of carbonyl (C=O) groups is 1. The zero-order valence-corrected chi connectivity index (χ0v) is 12.5. The van der Waals surface area contributed by atoms with Crippen molar-refractivity contribution in [3.05, 3.63) is 28.8 Å². The van der Waals surface area contributed by atoms with Gasteiger partial charge in [-0.2, -0.15) is 0 Å². The number of rotatable bonds is 4. The maximum atomic E-state index is 11.3. The molecule has 1 N–H and O–H groups in total. The molecule has 3 nitrogen and oxygen atoms in total. The molecule has 0 aliphatic heterocycles. The molecule has 1 aromatic carbocycles. The van der Waals surface area contributed by atoms with Crippen molar-refractivity contribution in [2.45, 2.75) is 40.0 Å². The number of hydrogen-bond acceptors (Lipinski definition) is 3. The van der Waals surface area contributed by atoms with Crippen LogP contribution in [0, 0.1) is 5.41 Å². The molecule has 0 amide bonds. The summed E-state index contributed by atoms with van der Waals surface area (Å²) in [6.45, 7) is 7.75. The first kappa shape index (κ1) is 14.0. The van der Waals surface area contributed by atoms with Gasteiger partial charge in [-0.1, -0.05) is 26.0 Å². The molecule has 0 atom stereocenters. The Morgan fingerprint density at radius 3 is 2.68 bits per heavy atom. The van der Waals surface area contributed by atoms with E-state index in [-0.39, 0.29) is 0 Å². The van der Waals surface area contributed by atoms with E-state index in [4.69, 9.17) is 0 Å². The Bertz CT molecular complexity index is 614. The van der Waals surface area contributed by atoms with E-state index >= 15 is 0 Å². The number of fused-ring (bicyclic) bond motifs is 1. The number of para-hydroxylation sites is 1. The summed E-state index contributed by atoms with van der Waals surface area (Å²) in [4.78, 5) is 15.9. The Kier molecular flexibility index (Phi) is 3.63. The highest BCUT2D eigenvalue weighted by molar-refractivity contribution is 7.18. The lowest BCUT2D eigenvalue weighted by atomic mass is 9.85. The van der Waals surface area contributed by atoms with Crippen molar-refractivity contribution in [1.82, 2.24) is 4.98 Å². The number of hydrogen-bond donors (Lipinski definition) is 1. The summed E-state index contributed by atoms with van der Waals surface area (Å²) in [6.07, 6.45) is 0.501. The number of aromatic nitrogens is 1. The molecular weight excluding hydrogens is 258 g/mol. The lowest BCUT2D eigenvalue weighted by molar-refractivity contribution is -0.146. The highest BCUT2D eigenvalue weighted by Gasteiger charge is 2.28. The Balaban J connectivity index is 2.46. The van der Waals surface area contributed by atoms with Crippen LogP contribution in [0.5, 0.6) is 0 Å². The van der Waals surface area contributed by atoms with Crippen LogP contribution in [-0.2, 0) is 11.2 Å². The van der Waals surface area contributed by atoms with Crippen LogP contribution in [0.25, 0.3) is 10.2 Å². The van der Waals surface area contributed by atoms with Gasteiger partial charge in [-0.3, -0.25) is 4.79 Å². The minimum atomic E-state index is -0.774. The number of carboxylic acid groups (broad SMARTS) is 1. The molecule has 4 heteroatoms. The minimum Gasteiger partial charge on any atom is -0.481 e. The molecule has 1 aromatic heterocycles. The molecule has 0 radical (unpaired) electrons. The van der Waals surface area contributed by atoms with E-state index in [0.717, 1.165) is 20.8 Å². The summed E-state index contributed by atoms with van der Waals surface area (Å²) in [5.41, 5.74) is 1.22. The molecule has 0 spiro atoms. The quantitative estimate of drug-likeness (QED) is 0.916. The highest BCUT2D eigenvalue weighted by atomic mass is 32.1. The van der Waals surface area contributed by atoms with Crippen LogP contribution in [0.3, 0.4) is 0 Å². The normalized spacial score (nSPS) is 12.3. The number of benzene rings is 1. The highest BCUT2D eigenvalue weighted by Crippen LogP contribution is 2.32. The summed E-state index contributed by atoms with van der Waals surface area (Å²) in [7, 11) is 0. The molecule has 0 aliphatic carbocycles. The maximum absolute atomic E-state index is 11.3. The Hall–Kier alpha value is -1.42. The maximum Gasteiger partial charge on any atom is 0.309 e. The zero-order chi connectivity index (χ0) is 14.2. The number of aliphatic carboxylic acids is 1. The second-order valence-corrected chi connectivity index (χ2v) is 6.90. The van der Waals surface area contributed by atoms with Crippen LogP contribution >= 0.6 is 11.3 Å². The Morgan fingerprint density at radius 1 is 1.42 bits per heavy atom. The third kappa shape index (κ3) is 2.78. The molecule has 19 heavy (non-hydrogen) atoms. The van der Waals surface area contributed by atoms with E-state index in [1.165, 1.54) is 0 Å². The van der Waals surface area contributed by atoms with Crippen LogP contribution in [0.15, 0.2) is 18.2 Å². The van der Waals surface area contributed by atoms with Gasteiger partial charge in [0, 0.05) is 5.92 Å². The van der Waals surface area contributed by atoms with Gasteiger partial charge in [0.15, 0.2) is 0 Å². The minimum absolute atomic E-state index is 0.401. The van der Waals surface area contributed by atoms with Gasteiger partial charge in [-0.15, -0.1) is 11.3 Å². The summed E-state index contributed by atoms with van der Waals surface area (Å²) in [5.74, 6) is -0.374. The summed E-state index contributed by atoms with van der Waals surface area (Å²) < 4.78 is 1.14. The monoisotopic (exact) mass is 277 g/mol. The second-order valence-electron chi connectivity index (χ2n) is 5.84. The lowest BCUT2D eigenvalue weighted by Crippen LogP contribution is -2.26. The van der Waals surface area contributed by atoms with E-state index in [0.29, 0.717) is 12.3 Å². The first-order valence-corrected chi connectivity index (χ1v) is 7.24. The third-order valence-corrected chi connectivity index (χ3v) is 4.55. The summed E-state index contributed by atoms with van der Waals surface area (Å²) in [5, 5.41) is 10.4. The lowest BCUT2D eigenvalue weighted by Gasteiger charge is -2.19. The Labute approximate surface area is 117 Å². The van der Waals surface area contributed by atoms with E-state index in [2.05, 4.69) is 24.9 Å². The average molecular weight is 277 g/mol. The van der Waals surface area contributed by atoms with Gasteiger partial charge >= 0.3 is 5.97 Å². The molecule has 1 heterocycles. The van der Waals surface area contributed by atoms with Gasteiger partial charge in [0.1, 0.15) is 0 Å². The van der Waals surface area contributed by atoms with Gasteiger partial charge in [0.05, 0.1) is 20.6 Å². The second kappa shape index (κ2) is 4.93. The molecule has 0 bridgehead atoms. The number of carboxylic acids is 1. The fourth-order valence-electron chi connectivity index (χ4n) is 1.96. The van der Waals surface area contributed by atoms with Crippen LogP contribution in [-0.4, -0.2) is 16.1 Å². The van der Waals surface area contributed by atoms with Crippen molar-refractivity contribution < 1.29 is 9.90 Å². The summed E-state index contributed by atoms with van der Waals surface area (Å²) >= 11 is 1.70. The molecule has 0 saturated heterocycles. The van der Waals surface area contributed by atoms with Crippen LogP contribution < -0.4 is 0 Å². The van der Waals surface area contributed by atoms with E-state index < -0.39 is 11.4 Å². The predicted octanol–water partition coefficient (Wildman–Crippen LogP) is 4.07. The first-order chi connectivity index (χ1) is 8.81. The number of nitrogens with zero attached hydrogens (tertiary/aromatic N) is 1. The predicted molar refractivity (Wildman–Crippen MR) is 78.8 cm³/mol. The van der Waals surface area contributed by atoms with Gasteiger partial charge in [-0.05, 0) is 31.9 Å². The standard InChI is InChI=1S/C15H19NO2S/c1-9(2)13-16-12-10(6-5-7-11(12)19-13)8-15(3,4)14(17)18/h5-7,9H,8H2,1-4H3,(H,17,18). The van der Waals surface area contributed by atoms with Crippen molar-refractivity contribution in [3.8, 4) is 0 Å². The van der Waals surface area contributed by atoms with Crippen molar-refractivity contribution >= 4 is 27.5 Å². The van der Waals surface area contributed by atoms with Crippen LogP contribution in [0.2, 0.25) is 0 Å². The molecule has 102 valence electrons. The molecule has 0 aliphatic rings. The van der Waals surface area contributed by atoms with E-state index in [9.17, 15) is 9.90 Å². The largest absolute Gasteiger partial charge is 0.481 e. The molecule has 2 aromatic rings. The third-order valence-electron chi connectivity index (χ3n) is 3.22. The molecular formula is C15H19NO2S. The average Bonchev–Trinajstić information content (AvgIpc) is 2.73. The van der Waals surface area contributed by atoms with Gasteiger partial charge in [0.2, 0.25) is 0 Å². The van der Waals surface area contributed by atoms with E-state index in [1.54, 1.807) is 25.2 Å². The molecule has 0 unspecified atom stereocenters. The Morgan fingerprint density at radius 2 is 2.11 bits per heavy atom. The van der Waals surface area contributed by atoms with Gasteiger partial charge < -0.3 is 5.11 Å². The van der Waals surface area contributed by atoms with Crippen molar-refractivity contribution in [2.75, 3.05) is 0 Å². The molecule has 0 saturated carbocycles. The van der Waals surface area contributed by atoms with Crippen molar-refractivity contribution in [1.29, 1.82) is 0 Å². The topological polar surface area (TPSA) is 50.2 Å². The van der Waals surface area contributed by atoms with Gasteiger partial charge in [0.25, 0.3) is 0 Å². The van der Waals surface area contributed by atoms with E-state index in [1.807, 2.05) is 12.1 Å². The summed E-state index contributed by atoms with van der Waals surface area (Å²) in [6, 6.07) is 6.02. The number of thiazole rings is 1. The van der Waals surface area contributed by atoms with Crippen LogP contribution in [0.4, 0.5) is 0 Å². The SMILES string of the molecule is CC(C)c1nc2c(CC(C)(C)C(=O)O)cccc2s1. The molecule has 0 fully saturated rings.